The highest BCUT2D eigenvalue weighted by atomic mass is 32.2. The number of benzene rings is 1. The fourth-order valence-electron chi connectivity index (χ4n) is 1.41. The second-order valence-corrected chi connectivity index (χ2v) is 6.17. The van der Waals surface area contributed by atoms with Gasteiger partial charge in [-0.2, -0.15) is 0 Å². The van der Waals surface area contributed by atoms with Crippen molar-refractivity contribution in [2.24, 2.45) is 5.73 Å². The predicted octanol–water partition coefficient (Wildman–Crippen LogP) is 0.526. The molecule has 0 bridgehead atoms. The molecule has 0 heterocycles. The number of carbonyl (C=O) groups excluding carboxylic acids is 1. The molecule has 1 amide bonds. The summed E-state index contributed by atoms with van der Waals surface area (Å²) in [7, 11) is -3.57. The largest absolute Gasteiger partial charge is 0.327 e. The number of nitrogens with two attached hydrogens (primary N) is 1. The van der Waals surface area contributed by atoms with Crippen molar-refractivity contribution in [1.29, 1.82) is 0 Å². The van der Waals surface area contributed by atoms with Gasteiger partial charge >= 0.3 is 0 Å². The third-order valence-corrected chi connectivity index (χ3v) is 3.75. The third kappa shape index (κ3) is 4.80. The van der Waals surface area contributed by atoms with E-state index < -0.39 is 33.4 Å². The summed E-state index contributed by atoms with van der Waals surface area (Å²) < 4.78 is 36.2. The van der Waals surface area contributed by atoms with Crippen molar-refractivity contribution in [3.63, 3.8) is 0 Å². The van der Waals surface area contributed by atoms with Gasteiger partial charge in [-0.05, 0) is 19.1 Å². The molecule has 0 saturated carbocycles. The zero-order chi connectivity index (χ0) is 13.8. The van der Waals surface area contributed by atoms with Gasteiger partial charge in [-0.1, -0.05) is 12.1 Å². The number of nitrogens with one attached hydrogen (secondary N) is 1. The number of amides is 1. The first-order valence-corrected chi connectivity index (χ1v) is 7.12. The number of rotatable bonds is 5. The van der Waals surface area contributed by atoms with E-state index in [4.69, 9.17) is 5.73 Å². The monoisotopic (exact) mass is 274 g/mol. The summed E-state index contributed by atoms with van der Waals surface area (Å²) in [4.78, 5) is 11.5. The summed E-state index contributed by atoms with van der Waals surface area (Å²) in [6, 6.07) is 4.99. The Morgan fingerprint density at radius 1 is 1.44 bits per heavy atom. The van der Waals surface area contributed by atoms with Crippen molar-refractivity contribution in [3.8, 4) is 0 Å². The second kappa shape index (κ2) is 5.92. The zero-order valence-electron chi connectivity index (χ0n) is 9.89. The molecule has 0 aliphatic heterocycles. The fourth-order valence-corrected chi connectivity index (χ4v) is 2.80. The lowest BCUT2D eigenvalue weighted by Crippen LogP contribution is -2.32. The quantitative estimate of drug-likeness (QED) is 0.819. The minimum Gasteiger partial charge on any atom is -0.327 e. The number of para-hydroxylation sites is 1. The van der Waals surface area contributed by atoms with Crippen LogP contribution in [0.25, 0.3) is 0 Å². The van der Waals surface area contributed by atoms with Crippen LogP contribution in [-0.4, -0.2) is 31.9 Å². The van der Waals surface area contributed by atoms with E-state index in [1.54, 1.807) is 0 Å². The molecule has 0 aromatic heterocycles. The van der Waals surface area contributed by atoms with Gasteiger partial charge < -0.3 is 11.1 Å². The minimum absolute atomic E-state index is 0.0431. The highest BCUT2D eigenvalue weighted by Crippen LogP contribution is 2.12. The van der Waals surface area contributed by atoms with E-state index in [-0.39, 0.29) is 11.4 Å². The van der Waals surface area contributed by atoms with E-state index >= 15 is 0 Å². The molecule has 0 spiro atoms. The van der Waals surface area contributed by atoms with Crippen LogP contribution < -0.4 is 11.1 Å². The van der Waals surface area contributed by atoms with E-state index in [1.165, 1.54) is 31.2 Å². The van der Waals surface area contributed by atoms with Crippen LogP contribution in [-0.2, 0) is 14.6 Å². The summed E-state index contributed by atoms with van der Waals surface area (Å²) in [5.41, 5.74) is 5.32. The first kappa shape index (κ1) is 14.6. The van der Waals surface area contributed by atoms with Crippen LogP contribution >= 0.6 is 0 Å². The Morgan fingerprint density at radius 3 is 2.61 bits per heavy atom. The predicted molar refractivity (Wildman–Crippen MR) is 67.3 cm³/mol. The molecule has 1 rings (SSSR count). The first-order valence-electron chi connectivity index (χ1n) is 5.30. The van der Waals surface area contributed by atoms with E-state index in [0.717, 1.165) is 0 Å². The van der Waals surface area contributed by atoms with Gasteiger partial charge in [-0.3, -0.25) is 4.79 Å². The van der Waals surface area contributed by atoms with E-state index in [2.05, 4.69) is 5.32 Å². The maximum absolute atomic E-state index is 13.2. The summed E-state index contributed by atoms with van der Waals surface area (Å²) in [6.45, 7) is 1.53. The van der Waals surface area contributed by atoms with Crippen molar-refractivity contribution >= 4 is 21.4 Å². The van der Waals surface area contributed by atoms with Crippen LogP contribution in [0.5, 0.6) is 0 Å². The molecule has 7 heteroatoms. The summed E-state index contributed by atoms with van der Waals surface area (Å²) in [5.74, 6) is -2.38. The standard InChI is InChI=1S/C11H15FN2O3S/c1-8(13)6-18(16,17)7-11(15)14-10-5-3-2-4-9(10)12/h2-5,8H,6-7,13H2,1H3,(H,14,15). The minimum atomic E-state index is -3.57. The first-order chi connectivity index (χ1) is 8.30. The molecule has 0 aliphatic rings. The molecule has 0 fully saturated rings. The van der Waals surface area contributed by atoms with Gasteiger partial charge in [0.05, 0.1) is 11.4 Å². The molecule has 0 saturated heterocycles. The Kier molecular flexibility index (Phi) is 4.80. The van der Waals surface area contributed by atoms with Crippen molar-refractivity contribution in [2.75, 3.05) is 16.8 Å². The lowest BCUT2D eigenvalue weighted by molar-refractivity contribution is -0.113. The average Bonchev–Trinajstić information content (AvgIpc) is 2.18. The fraction of sp³-hybridized carbons (Fsp3) is 0.364. The smallest absolute Gasteiger partial charge is 0.239 e. The van der Waals surface area contributed by atoms with Crippen LogP contribution in [0.15, 0.2) is 24.3 Å². The Balaban J connectivity index is 2.66. The van der Waals surface area contributed by atoms with Crippen LogP contribution in [0, 0.1) is 5.82 Å². The number of anilines is 1. The number of hydrogen-bond donors (Lipinski definition) is 2. The zero-order valence-corrected chi connectivity index (χ0v) is 10.7. The maximum atomic E-state index is 13.2. The SMILES string of the molecule is CC(N)CS(=O)(=O)CC(=O)Nc1ccccc1F. The van der Waals surface area contributed by atoms with Gasteiger partial charge in [0.25, 0.3) is 0 Å². The molecule has 3 N–H and O–H groups in total. The molecular weight excluding hydrogens is 259 g/mol. The van der Waals surface area contributed by atoms with Gasteiger partial charge in [-0.15, -0.1) is 0 Å². The summed E-state index contributed by atoms with van der Waals surface area (Å²) in [6.07, 6.45) is 0. The van der Waals surface area contributed by atoms with Gasteiger partial charge in [0.2, 0.25) is 5.91 Å². The lowest BCUT2D eigenvalue weighted by Gasteiger charge is -2.08. The highest BCUT2D eigenvalue weighted by Gasteiger charge is 2.19. The lowest BCUT2D eigenvalue weighted by atomic mass is 10.3. The normalized spacial score (nSPS) is 13.1. The summed E-state index contributed by atoms with van der Waals surface area (Å²) >= 11 is 0. The third-order valence-electron chi connectivity index (χ3n) is 2.02. The Hall–Kier alpha value is -1.47. The van der Waals surface area contributed by atoms with Gasteiger partial charge in [-0.25, -0.2) is 12.8 Å². The van der Waals surface area contributed by atoms with E-state index in [0.29, 0.717) is 0 Å². The molecule has 0 radical (unpaired) electrons. The molecular formula is C11H15FN2O3S. The van der Waals surface area contributed by atoms with Crippen LogP contribution in [0.2, 0.25) is 0 Å². The van der Waals surface area contributed by atoms with Crippen molar-refractivity contribution in [3.05, 3.63) is 30.1 Å². The van der Waals surface area contributed by atoms with E-state index in [1.807, 2.05) is 0 Å². The highest BCUT2D eigenvalue weighted by molar-refractivity contribution is 7.92. The summed E-state index contributed by atoms with van der Waals surface area (Å²) in [5, 5.41) is 2.21. The van der Waals surface area contributed by atoms with Gasteiger partial charge in [0.15, 0.2) is 9.84 Å². The topological polar surface area (TPSA) is 89.3 Å². The Labute approximate surface area is 105 Å². The Morgan fingerprint density at radius 2 is 2.06 bits per heavy atom. The molecule has 0 aliphatic carbocycles. The average molecular weight is 274 g/mol. The van der Waals surface area contributed by atoms with Crippen LogP contribution in [0.4, 0.5) is 10.1 Å². The second-order valence-electron chi connectivity index (χ2n) is 4.06. The molecule has 5 nitrogen and oxygen atoms in total. The molecule has 1 atom stereocenters. The number of hydrogen-bond acceptors (Lipinski definition) is 4. The van der Waals surface area contributed by atoms with Gasteiger partial charge in [0.1, 0.15) is 11.6 Å². The van der Waals surface area contributed by atoms with Crippen molar-refractivity contribution in [2.45, 2.75) is 13.0 Å². The van der Waals surface area contributed by atoms with E-state index in [9.17, 15) is 17.6 Å². The van der Waals surface area contributed by atoms with Crippen LogP contribution in [0.3, 0.4) is 0 Å². The number of carbonyl (C=O) groups is 1. The number of halogens is 1. The molecule has 1 unspecified atom stereocenters. The Bertz CT molecular complexity index is 529. The van der Waals surface area contributed by atoms with Crippen molar-refractivity contribution < 1.29 is 17.6 Å². The maximum Gasteiger partial charge on any atom is 0.239 e. The van der Waals surface area contributed by atoms with Crippen LogP contribution in [0.1, 0.15) is 6.92 Å². The number of sulfone groups is 1. The molecule has 100 valence electrons. The van der Waals surface area contributed by atoms with Crippen molar-refractivity contribution in [1.82, 2.24) is 0 Å². The molecule has 1 aromatic rings. The van der Waals surface area contributed by atoms with Gasteiger partial charge in [0, 0.05) is 6.04 Å². The molecule has 18 heavy (non-hydrogen) atoms. The molecule has 1 aromatic carbocycles.